The molecule has 0 N–H and O–H groups in total. The number of nitriles is 1. The molecule has 2 rings (SSSR count). The predicted octanol–water partition coefficient (Wildman–Crippen LogP) is 2.15. The van der Waals surface area contributed by atoms with Gasteiger partial charge in [-0.25, -0.2) is 0 Å². The van der Waals surface area contributed by atoms with Crippen molar-refractivity contribution in [3.63, 3.8) is 0 Å². The van der Waals surface area contributed by atoms with Crippen LogP contribution in [0.4, 0.5) is 0 Å². The molecule has 86 valence electrons. The van der Waals surface area contributed by atoms with Gasteiger partial charge in [-0.05, 0) is 36.4 Å². The summed E-state index contributed by atoms with van der Waals surface area (Å²) in [4.78, 5) is 23.8. The van der Waals surface area contributed by atoms with Gasteiger partial charge in [0.05, 0.1) is 17.2 Å². The Kier molecular flexibility index (Phi) is 3.31. The minimum Gasteiger partial charge on any atom is -0.289 e. The van der Waals surface area contributed by atoms with Gasteiger partial charge >= 0.3 is 0 Å². The van der Waals surface area contributed by atoms with Crippen molar-refractivity contribution in [2.75, 3.05) is 0 Å². The van der Waals surface area contributed by atoms with E-state index in [2.05, 4.69) is 0 Å². The fourth-order valence-electron chi connectivity index (χ4n) is 1.57. The van der Waals surface area contributed by atoms with Crippen LogP contribution in [0.25, 0.3) is 0 Å². The van der Waals surface area contributed by atoms with Gasteiger partial charge in [-0.2, -0.15) is 5.26 Å². The van der Waals surface area contributed by atoms with Crippen molar-refractivity contribution >= 4 is 5.78 Å². The van der Waals surface area contributed by atoms with Crippen molar-refractivity contribution in [1.82, 2.24) is 0 Å². The highest BCUT2D eigenvalue weighted by molar-refractivity contribution is 6.08. The van der Waals surface area contributed by atoms with Gasteiger partial charge in [-0.3, -0.25) is 9.59 Å². The van der Waals surface area contributed by atoms with Crippen molar-refractivity contribution in [1.29, 1.82) is 5.26 Å². The number of carbonyl (C=O) groups excluding carboxylic acids is 1. The molecule has 0 fully saturated rings. The van der Waals surface area contributed by atoms with Gasteiger partial charge in [-0.1, -0.05) is 18.2 Å². The minimum absolute atomic E-state index is 0.129. The van der Waals surface area contributed by atoms with E-state index in [1.54, 1.807) is 42.5 Å². The average Bonchev–Trinajstić information content (AvgIpc) is 2.63. The summed E-state index contributed by atoms with van der Waals surface area (Å²) in [5.74, 6) is -0.333. The second-order valence-corrected chi connectivity index (χ2v) is 3.71. The van der Waals surface area contributed by atoms with Crippen molar-refractivity contribution in [2.45, 2.75) is 0 Å². The smallest absolute Gasteiger partial charge is 0.196 e. The number of carbonyl (C=O) groups is 1. The zero-order chi connectivity index (χ0) is 13.0. The normalized spacial score (nSPS) is 9.50. The molecule has 0 aliphatic carbocycles. The Morgan fingerprint density at radius 2 is 1.61 bits per heavy atom. The van der Waals surface area contributed by atoms with E-state index in [1.807, 2.05) is 6.07 Å². The molecule has 3 nitrogen and oxygen atoms in total. The molecule has 0 aliphatic heterocycles. The Labute approximate surface area is 104 Å². The number of ketones is 1. The number of hydrogen-bond acceptors (Lipinski definition) is 3. The van der Waals surface area contributed by atoms with Crippen LogP contribution in [-0.2, 0) is 0 Å². The first kappa shape index (κ1) is 11.7. The highest BCUT2D eigenvalue weighted by atomic mass is 16.1. The minimum atomic E-state index is -0.333. The van der Waals surface area contributed by atoms with Crippen molar-refractivity contribution in [2.24, 2.45) is 0 Å². The first-order chi connectivity index (χ1) is 8.72. The average molecular weight is 235 g/mol. The molecular formula is C15H9NO2. The molecule has 18 heavy (non-hydrogen) atoms. The summed E-state index contributed by atoms with van der Waals surface area (Å²) in [6.07, 6.45) is 0. The Morgan fingerprint density at radius 1 is 0.944 bits per heavy atom. The fraction of sp³-hybridized carbons (Fsp3) is 0. The predicted molar refractivity (Wildman–Crippen MR) is 67.3 cm³/mol. The summed E-state index contributed by atoms with van der Waals surface area (Å²) in [5, 5.41) is 8.68. The highest BCUT2D eigenvalue weighted by Gasteiger charge is 2.11. The Bertz CT molecular complexity index is 682. The molecule has 0 saturated heterocycles. The molecule has 0 spiro atoms. The molecule has 0 heterocycles. The first-order valence-corrected chi connectivity index (χ1v) is 5.36. The van der Waals surface area contributed by atoms with Crippen LogP contribution in [0.15, 0.2) is 59.4 Å². The second-order valence-electron chi connectivity index (χ2n) is 3.71. The lowest BCUT2D eigenvalue weighted by molar-refractivity contribution is 0.103. The van der Waals surface area contributed by atoms with E-state index in [1.165, 1.54) is 12.1 Å². The Morgan fingerprint density at radius 3 is 2.28 bits per heavy atom. The van der Waals surface area contributed by atoms with Crippen LogP contribution >= 0.6 is 0 Å². The van der Waals surface area contributed by atoms with Gasteiger partial charge in [-0.15, -0.1) is 0 Å². The lowest BCUT2D eigenvalue weighted by Crippen LogP contribution is -2.12. The molecule has 0 atom stereocenters. The summed E-state index contributed by atoms with van der Waals surface area (Å²) in [6, 6.07) is 16.0. The lowest BCUT2D eigenvalue weighted by Gasteiger charge is -1.98. The maximum Gasteiger partial charge on any atom is 0.196 e. The molecule has 0 aromatic heterocycles. The van der Waals surface area contributed by atoms with Crippen LogP contribution in [0.1, 0.15) is 21.5 Å². The summed E-state index contributed by atoms with van der Waals surface area (Å²) in [5.41, 5.74) is 0.698. The number of nitrogens with zero attached hydrogens (tertiary/aromatic N) is 1. The molecule has 0 bridgehead atoms. The first-order valence-electron chi connectivity index (χ1n) is 5.36. The van der Waals surface area contributed by atoms with Gasteiger partial charge in [0.1, 0.15) is 0 Å². The van der Waals surface area contributed by atoms with E-state index in [9.17, 15) is 9.59 Å². The standard InChI is InChI=1S/C15H9NO2/c16-10-11-6-8-12(9-7-11)15(18)13-4-2-1-3-5-14(13)17/h1-9H. The van der Waals surface area contributed by atoms with Crippen LogP contribution in [0, 0.1) is 11.3 Å². The molecule has 0 saturated carbocycles. The SMILES string of the molecule is N#Cc1ccc(C(=O)c2cccccc2=O)cc1. The summed E-state index contributed by atoms with van der Waals surface area (Å²) in [7, 11) is 0. The van der Waals surface area contributed by atoms with Crippen LogP contribution in [0.5, 0.6) is 0 Å². The lowest BCUT2D eigenvalue weighted by atomic mass is 10.0. The number of rotatable bonds is 2. The summed E-state index contributed by atoms with van der Waals surface area (Å²) in [6.45, 7) is 0. The molecule has 2 aromatic rings. The Hall–Kier alpha value is -2.73. The van der Waals surface area contributed by atoms with E-state index >= 15 is 0 Å². The summed E-state index contributed by atoms with van der Waals surface area (Å²) < 4.78 is 0. The van der Waals surface area contributed by atoms with E-state index < -0.39 is 0 Å². The van der Waals surface area contributed by atoms with Crippen molar-refractivity contribution in [3.8, 4) is 6.07 Å². The quantitative estimate of drug-likeness (QED) is 0.749. The van der Waals surface area contributed by atoms with Gasteiger partial charge in [0.2, 0.25) is 0 Å². The second kappa shape index (κ2) is 5.07. The van der Waals surface area contributed by atoms with Crippen LogP contribution in [-0.4, -0.2) is 5.78 Å². The van der Waals surface area contributed by atoms with Crippen molar-refractivity contribution < 1.29 is 4.79 Å². The molecule has 0 radical (unpaired) electrons. The molecule has 3 heteroatoms. The van der Waals surface area contributed by atoms with Gasteiger partial charge in [0.25, 0.3) is 0 Å². The Balaban J connectivity index is 2.46. The third-order valence-corrected chi connectivity index (χ3v) is 2.52. The van der Waals surface area contributed by atoms with Crippen molar-refractivity contribution in [3.05, 3.63) is 81.5 Å². The van der Waals surface area contributed by atoms with E-state index in [4.69, 9.17) is 5.26 Å². The highest BCUT2D eigenvalue weighted by Crippen LogP contribution is 2.08. The van der Waals surface area contributed by atoms with Gasteiger partial charge in [0.15, 0.2) is 11.2 Å². The molecule has 0 aliphatic rings. The zero-order valence-electron chi connectivity index (χ0n) is 9.46. The van der Waals surface area contributed by atoms with Gasteiger partial charge in [0, 0.05) is 5.56 Å². The maximum absolute atomic E-state index is 12.1. The monoisotopic (exact) mass is 235 g/mol. The van der Waals surface area contributed by atoms with Crippen LogP contribution in [0.3, 0.4) is 0 Å². The topological polar surface area (TPSA) is 57.9 Å². The summed E-state index contributed by atoms with van der Waals surface area (Å²) >= 11 is 0. The van der Waals surface area contributed by atoms with E-state index in [0.29, 0.717) is 11.1 Å². The maximum atomic E-state index is 12.1. The van der Waals surface area contributed by atoms with E-state index in [-0.39, 0.29) is 16.8 Å². The molecular weight excluding hydrogens is 226 g/mol. The van der Waals surface area contributed by atoms with E-state index in [0.717, 1.165) is 0 Å². The third kappa shape index (κ3) is 2.33. The van der Waals surface area contributed by atoms with Gasteiger partial charge < -0.3 is 0 Å². The fourth-order valence-corrected chi connectivity index (χ4v) is 1.57. The molecule has 2 aromatic carbocycles. The van der Waals surface area contributed by atoms with Crippen LogP contribution in [0.2, 0.25) is 0 Å². The zero-order valence-corrected chi connectivity index (χ0v) is 9.46. The van der Waals surface area contributed by atoms with Crippen LogP contribution < -0.4 is 5.43 Å². The molecule has 0 unspecified atom stereocenters. The number of benzene rings is 1. The number of hydrogen-bond donors (Lipinski definition) is 0. The molecule has 0 amide bonds. The largest absolute Gasteiger partial charge is 0.289 e. The third-order valence-electron chi connectivity index (χ3n) is 2.52.